The molecule has 2 unspecified atom stereocenters. The highest BCUT2D eigenvalue weighted by molar-refractivity contribution is 5.94. The summed E-state index contributed by atoms with van der Waals surface area (Å²) in [5, 5.41) is 9.10. The summed E-state index contributed by atoms with van der Waals surface area (Å²) in [6, 6.07) is 7.86. The van der Waals surface area contributed by atoms with Gasteiger partial charge in [0.05, 0.1) is 12.8 Å². The van der Waals surface area contributed by atoms with E-state index in [0.717, 1.165) is 31.2 Å². The van der Waals surface area contributed by atoms with Gasteiger partial charge < -0.3 is 9.84 Å². The minimum atomic E-state index is -1.03. The molecule has 0 amide bonds. The van der Waals surface area contributed by atoms with Crippen LogP contribution in [0.3, 0.4) is 0 Å². The number of Topliss-reactive ketones (excluding diaryl/α,β-unsaturated/α-hetero) is 1. The average molecular weight is 529 g/mol. The number of allylic oxidation sites excluding steroid dienone is 4. The minimum Gasteiger partial charge on any atom is -0.481 e. The van der Waals surface area contributed by atoms with E-state index in [0.29, 0.717) is 24.8 Å². The van der Waals surface area contributed by atoms with Crippen LogP contribution in [0.4, 0.5) is 0 Å². The highest BCUT2D eigenvalue weighted by atomic mass is 16.6. The molecule has 2 fully saturated rings. The number of carbonyl (C=O) groups excluding carboxylic acids is 3. The van der Waals surface area contributed by atoms with Crippen LogP contribution in [-0.2, 0) is 19.1 Å². The number of ether oxygens (including phenoxy) is 1. The van der Waals surface area contributed by atoms with Crippen molar-refractivity contribution in [1.29, 1.82) is 0 Å². The summed E-state index contributed by atoms with van der Waals surface area (Å²) in [6.45, 7) is 5.52. The molecular formula is C33H36O6. The Morgan fingerprint density at radius 3 is 2.49 bits per heavy atom. The predicted octanol–water partition coefficient (Wildman–Crippen LogP) is 5.96. The molecule has 0 spiro atoms. The summed E-state index contributed by atoms with van der Waals surface area (Å²) in [5.41, 5.74) is 4.26. The number of hydrogen-bond donors (Lipinski definition) is 1. The third kappa shape index (κ3) is 4.67. The number of esters is 1. The number of rotatable bonds is 6. The van der Waals surface area contributed by atoms with Gasteiger partial charge in [-0.05, 0) is 87.0 Å². The van der Waals surface area contributed by atoms with Crippen LogP contribution in [-0.4, -0.2) is 34.2 Å². The second kappa shape index (κ2) is 10.3. The lowest BCUT2D eigenvalue weighted by molar-refractivity contribution is -0.168. The molecule has 2 saturated carbocycles. The van der Waals surface area contributed by atoms with Crippen molar-refractivity contribution in [3.8, 4) is 11.8 Å². The molecular weight excluding hydrogens is 492 g/mol. The van der Waals surface area contributed by atoms with E-state index in [9.17, 15) is 19.2 Å². The van der Waals surface area contributed by atoms with Gasteiger partial charge in [-0.1, -0.05) is 42.7 Å². The van der Waals surface area contributed by atoms with Crippen LogP contribution in [0.15, 0.2) is 47.1 Å². The van der Waals surface area contributed by atoms with Gasteiger partial charge in [0.2, 0.25) is 0 Å². The van der Waals surface area contributed by atoms with Gasteiger partial charge in [0.15, 0.2) is 17.2 Å². The van der Waals surface area contributed by atoms with Crippen LogP contribution >= 0.6 is 0 Å². The van der Waals surface area contributed by atoms with Gasteiger partial charge in [-0.3, -0.25) is 19.2 Å². The van der Waals surface area contributed by atoms with E-state index >= 15 is 0 Å². The molecule has 0 heterocycles. The van der Waals surface area contributed by atoms with Crippen molar-refractivity contribution < 1.29 is 29.0 Å². The molecule has 0 bridgehead atoms. The van der Waals surface area contributed by atoms with Crippen molar-refractivity contribution >= 4 is 23.5 Å². The molecule has 4 aliphatic rings. The van der Waals surface area contributed by atoms with Gasteiger partial charge in [-0.2, -0.15) is 0 Å². The first-order valence-corrected chi connectivity index (χ1v) is 14.0. The van der Waals surface area contributed by atoms with Gasteiger partial charge in [0, 0.05) is 23.3 Å². The topological polar surface area (TPSA) is 97.7 Å². The predicted molar refractivity (Wildman–Crippen MR) is 146 cm³/mol. The van der Waals surface area contributed by atoms with E-state index in [4.69, 9.17) is 9.84 Å². The maximum absolute atomic E-state index is 12.9. The van der Waals surface area contributed by atoms with Crippen LogP contribution in [0.5, 0.6) is 0 Å². The fraction of sp³-hybridized carbons (Fsp3) is 0.515. The molecule has 39 heavy (non-hydrogen) atoms. The van der Waals surface area contributed by atoms with Crippen molar-refractivity contribution in [2.75, 3.05) is 0 Å². The maximum Gasteiger partial charge on any atom is 0.307 e. The van der Waals surface area contributed by atoms with Gasteiger partial charge in [-0.15, -0.1) is 5.92 Å². The molecule has 5 atom stereocenters. The first-order valence-electron chi connectivity index (χ1n) is 14.0. The highest BCUT2D eigenvalue weighted by Gasteiger charge is 2.65. The van der Waals surface area contributed by atoms with Crippen molar-refractivity contribution in [2.45, 2.75) is 90.1 Å². The third-order valence-electron chi connectivity index (χ3n) is 9.73. The van der Waals surface area contributed by atoms with Crippen molar-refractivity contribution in [2.24, 2.45) is 17.3 Å². The lowest BCUT2D eigenvalue weighted by atomic mass is 9.51. The Morgan fingerprint density at radius 1 is 1.08 bits per heavy atom. The Balaban J connectivity index is 1.62. The van der Waals surface area contributed by atoms with E-state index in [2.05, 4.69) is 18.8 Å². The van der Waals surface area contributed by atoms with E-state index in [-0.39, 0.29) is 42.2 Å². The van der Waals surface area contributed by atoms with Gasteiger partial charge >= 0.3 is 11.9 Å². The van der Waals surface area contributed by atoms with E-state index in [1.54, 1.807) is 13.8 Å². The zero-order valence-electron chi connectivity index (χ0n) is 23.0. The zero-order chi connectivity index (χ0) is 27.9. The first-order chi connectivity index (χ1) is 18.6. The van der Waals surface area contributed by atoms with Crippen molar-refractivity contribution in [3.05, 3.63) is 58.2 Å². The zero-order valence-corrected chi connectivity index (χ0v) is 23.0. The third-order valence-corrected chi connectivity index (χ3v) is 9.73. The number of benzene rings is 1. The summed E-state index contributed by atoms with van der Waals surface area (Å²) in [4.78, 5) is 48.3. The molecule has 0 aliphatic heterocycles. The molecule has 0 aromatic heterocycles. The monoisotopic (exact) mass is 528 g/mol. The number of aliphatic carboxylic acids is 1. The van der Waals surface area contributed by atoms with E-state index < -0.39 is 23.0 Å². The van der Waals surface area contributed by atoms with Gasteiger partial charge in [0.1, 0.15) is 0 Å². The molecule has 6 nitrogen and oxygen atoms in total. The molecule has 4 aliphatic carbocycles. The fourth-order valence-electron chi connectivity index (χ4n) is 7.95. The average Bonchev–Trinajstić information content (AvgIpc) is 3.18. The summed E-state index contributed by atoms with van der Waals surface area (Å²) >= 11 is 0. The van der Waals surface area contributed by atoms with Crippen molar-refractivity contribution in [1.82, 2.24) is 0 Å². The normalized spacial score (nSPS) is 31.2. The van der Waals surface area contributed by atoms with Crippen LogP contribution in [0.2, 0.25) is 0 Å². The lowest BCUT2D eigenvalue weighted by Gasteiger charge is -2.54. The van der Waals surface area contributed by atoms with Crippen LogP contribution in [0.25, 0.3) is 0 Å². The van der Waals surface area contributed by atoms with Gasteiger partial charge in [0.25, 0.3) is 0 Å². The maximum atomic E-state index is 12.9. The summed E-state index contributed by atoms with van der Waals surface area (Å²) < 4.78 is 6.20. The summed E-state index contributed by atoms with van der Waals surface area (Å²) in [7, 11) is 0. The number of carbonyl (C=O) groups is 4. The number of hydrogen-bond acceptors (Lipinski definition) is 5. The smallest absolute Gasteiger partial charge is 0.307 e. The molecule has 0 radical (unpaired) electrons. The molecule has 1 N–H and O–H groups in total. The molecule has 1 aromatic carbocycles. The molecule has 0 saturated heterocycles. The number of carboxylic acids is 1. The Hall–Kier alpha value is -3.46. The van der Waals surface area contributed by atoms with Crippen molar-refractivity contribution in [3.63, 3.8) is 0 Å². The Labute approximate surface area is 229 Å². The van der Waals surface area contributed by atoms with Gasteiger partial charge in [-0.25, -0.2) is 0 Å². The number of carboxylic acid groups (broad SMARTS) is 1. The molecule has 1 aromatic rings. The van der Waals surface area contributed by atoms with E-state index in [1.165, 1.54) is 16.7 Å². The summed E-state index contributed by atoms with van der Waals surface area (Å²) in [5.74, 6) is 5.58. The highest BCUT2D eigenvalue weighted by Crippen LogP contribution is 2.67. The summed E-state index contributed by atoms with van der Waals surface area (Å²) in [6.07, 6.45) is 6.67. The second-order valence-corrected chi connectivity index (χ2v) is 11.8. The van der Waals surface area contributed by atoms with Crippen LogP contribution in [0, 0.1) is 29.1 Å². The standard InChI is InChI=1S/C33H36O6/c1-4-16-33(39-30(38)14-13-29(36)37)17-15-28-26-11-9-23-18-24(35)10-12-25(23)31(26)27(19-32(28,33)3)22-7-5-21(6-8-22)20(2)34/h5-8,18,26-28H,9-15,17,19H2,1-3H3,(H,36,37)/t26?,27-,28?,32+,33+/m1/s1. The van der Waals surface area contributed by atoms with Crippen LogP contribution in [0.1, 0.15) is 100 Å². The fourth-order valence-corrected chi connectivity index (χ4v) is 7.95. The Morgan fingerprint density at radius 2 is 1.82 bits per heavy atom. The second-order valence-electron chi connectivity index (χ2n) is 11.8. The lowest BCUT2D eigenvalue weighted by Crippen LogP contribution is -2.53. The molecule has 204 valence electrons. The van der Waals surface area contributed by atoms with Crippen LogP contribution < -0.4 is 0 Å². The number of ketones is 2. The Kier molecular flexibility index (Phi) is 7.13. The first kappa shape index (κ1) is 27.1. The molecule has 5 rings (SSSR count). The Bertz CT molecular complexity index is 1350. The minimum absolute atomic E-state index is 0.0205. The quantitative estimate of drug-likeness (QED) is 0.278. The number of fused-ring (bicyclic) bond motifs is 4. The SMILES string of the molecule is CC#C[C@]1(OC(=O)CCC(=O)O)CCC2C3CCC4=CC(=O)CCC4=C3[C@@H](c3ccc(C(C)=O)cc3)C[C@@]21C. The molecule has 6 heteroatoms. The van der Waals surface area contributed by atoms with E-state index in [1.807, 2.05) is 30.3 Å². The largest absolute Gasteiger partial charge is 0.481 e.